The maximum absolute atomic E-state index is 12.9. The molecule has 1 amide bonds. The molecular formula is C27H32N6O4. The number of aromatic nitrogens is 3. The third kappa shape index (κ3) is 5.98. The molecule has 2 aromatic heterocycles. The molecule has 1 unspecified atom stereocenters. The maximum Gasteiger partial charge on any atom is 0.302 e. The highest BCUT2D eigenvalue weighted by Crippen LogP contribution is 2.30. The van der Waals surface area contributed by atoms with Gasteiger partial charge in [-0.2, -0.15) is 5.10 Å². The van der Waals surface area contributed by atoms with Crippen LogP contribution in [-0.4, -0.2) is 82.3 Å². The fourth-order valence-electron chi connectivity index (χ4n) is 4.83. The number of morpholine rings is 1. The Morgan fingerprint density at radius 3 is 2.78 bits per heavy atom. The molecule has 3 aromatic rings. The SMILES string of the molecule is CC(=O)OCC(Nc1ncnn2cc3c(c12)CCN(C(=O)C=CCN1CCOCC1)C3)c1ccccc1. The van der Waals surface area contributed by atoms with Crippen molar-refractivity contribution < 1.29 is 19.1 Å². The average Bonchev–Trinajstić information content (AvgIpc) is 3.30. The summed E-state index contributed by atoms with van der Waals surface area (Å²) in [6.45, 7) is 6.76. The Labute approximate surface area is 215 Å². The van der Waals surface area contributed by atoms with E-state index in [1.807, 2.05) is 52.0 Å². The molecule has 10 heteroatoms. The summed E-state index contributed by atoms with van der Waals surface area (Å²) in [6.07, 6.45) is 7.81. The van der Waals surface area contributed by atoms with Crippen molar-refractivity contribution in [2.24, 2.45) is 0 Å². The third-order valence-electron chi connectivity index (χ3n) is 6.77. The summed E-state index contributed by atoms with van der Waals surface area (Å²) in [4.78, 5) is 33.0. The molecule has 2 aliphatic rings. The molecule has 0 saturated carbocycles. The highest BCUT2D eigenvalue weighted by molar-refractivity contribution is 5.88. The van der Waals surface area contributed by atoms with Gasteiger partial charge < -0.3 is 19.7 Å². The Balaban J connectivity index is 1.32. The zero-order valence-corrected chi connectivity index (χ0v) is 21.0. The van der Waals surface area contributed by atoms with Gasteiger partial charge in [-0.15, -0.1) is 0 Å². The number of carbonyl (C=O) groups is 2. The number of esters is 1. The third-order valence-corrected chi connectivity index (χ3v) is 6.77. The van der Waals surface area contributed by atoms with E-state index in [1.165, 1.54) is 13.3 Å². The molecule has 5 rings (SSSR count). The fourth-order valence-corrected chi connectivity index (χ4v) is 4.83. The predicted molar refractivity (Wildman–Crippen MR) is 138 cm³/mol. The van der Waals surface area contributed by atoms with Gasteiger partial charge in [-0.05, 0) is 23.1 Å². The van der Waals surface area contributed by atoms with E-state index in [-0.39, 0.29) is 24.5 Å². The first-order valence-corrected chi connectivity index (χ1v) is 12.6. The monoisotopic (exact) mass is 504 g/mol. The lowest BCUT2D eigenvalue weighted by molar-refractivity contribution is -0.141. The average molecular weight is 505 g/mol. The Morgan fingerprint density at radius 2 is 2.00 bits per heavy atom. The van der Waals surface area contributed by atoms with Gasteiger partial charge in [-0.3, -0.25) is 14.5 Å². The second-order valence-electron chi connectivity index (χ2n) is 9.27. The standard InChI is InChI=1S/C27H32N6O4/c1-20(34)37-18-24(21-6-3-2-4-7-21)30-27-26-23-9-11-32(16-22(23)17-33(26)29-19-28-27)25(35)8-5-10-31-12-14-36-15-13-31/h2-8,17,19,24H,9-16,18H2,1H3,(H,28,29,30). The van der Waals surface area contributed by atoms with Crippen molar-refractivity contribution in [3.63, 3.8) is 0 Å². The number of nitrogens with one attached hydrogen (secondary N) is 1. The molecule has 2 aliphatic heterocycles. The number of amides is 1. The summed E-state index contributed by atoms with van der Waals surface area (Å²) in [7, 11) is 0. The lowest BCUT2D eigenvalue weighted by Crippen LogP contribution is -2.37. The maximum atomic E-state index is 12.9. The summed E-state index contributed by atoms with van der Waals surface area (Å²) >= 11 is 0. The molecule has 0 radical (unpaired) electrons. The van der Waals surface area contributed by atoms with Crippen LogP contribution in [0.2, 0.25) is 0 Å². The summed E-state index contributed by atoms with van der Waals surface area (Å²) in [5.41, 5.74) is 4.06. The van der Waals surface area contributed by atoms with Crippen LogP contribution >= 0.6 is 0 Å². The molecule has 0 spiro atoms. The van der Waals surface area contributed by atoms with Crippen molar-refractivity contribution in [3.8, 4) is 0 Å². The van der Waals surface area contributed by atoms with Gasteiger partial charge >= 0.3 is 5.97 Å². The molecule has 37 heavy (non-hydrogen) atoms. The van der Waals surface area contributed by atoms with Crippen LogP contribution in [0.3, 0.4) is 0 Å². The van der Waals surface area contributed by atoms with Crippen LogP contribution in [0, 0.1) is 0 Å². The summed E-state index contributed by atoms with van der Waals surface area (Å²) < 4.78 is 12.5. The molecule has 1 saturated heterocycles. The van der Waals surface area contributed by atoms with Gasteiger partial charge in [0.25, 0.3) is 0 Å². The van der Waals surface area contributed by atoms with Crippen LogP contribution in [0.5, 0.6) is 0 Å². The zero-order chi connectivity index (χ0) is 25.6. The van der Waals surface area contributed by atoms with Gasteiger partial charge in [0.15, 0.2) is 5.82 Å². The van der Waals surface area contributed by atoms with Crippen LogP contribution in [0.15, 0.2) is 55.0 Å². The van der Waals surface area contributed by atoms with Crippen LogP contribution in [0.4, 0.5) is 5.82 Å². The quantitative estimate of drug-likeness (QED) is 0.368. The minimum absolute atomic E-state index is 0.0177. The molecule has 1 aromatic carbocycles. The lowest BCUT2D eigenvalue weighted by Gasteiger charge is -2.27. The number of rotatable bonds is 8. The normalized spacial score (nSPS) is 17.1. The topological polar surface area (TPSA) is 101 Å². The van der Waals surface area contributed by atoms with Crippen LogP contribution in [-0.2, 0) is 32.0 Å². The molecule has 0 aliphatic carbocycles. The lowest BCUT2D eigenvalue weighted by atomic mass is 10.0. The van der Waals surface area contributed by atoms with Gasteiger partial charge in [0.05, 0.1) is 19.3 Å². The Kier molecular flexibility index (Phi) is 7.76. The summed E-state index contributed by atoms with van der Waals surface area (Å²) in [5.74, 6) is 0.353. The van der Waals surface area contributed by atoms with Crippen LogP contribution < -0.4 is 5.32 Å². The van der Waals surface area contributed by atoms with E-state index in [4.69, 9.17) is 9.47 Å². The second kappa shape index (κ2) is 11.5. The van der Waals surface area contributed by atoms with Gasteiger partial charge in [0, 0.05) is 51.9 Å². The smallest absolute Gasteiger partial charge is 0.302 e. The molecule has 194 valence electrons. The highest BCUT2D eigenvalue weighted by atomic mass is 16.5. The van der Waals surface area contributed by atoms with E-state index < -0.39 is 0 Å². The second-order valence-corrected chi connectivity index (χ2v) is 9.27. The van der Waals surface area contributed by atoms with E-state index in [2.05, 4.69) is 20.3 Å². The van der Waals surface area contributed by atoms with E-state index in [1.54, 1.807) is 6.08 Å². The number of nitrogens with zero attached hydrogens (tertiary/aromatic N) is 5. The van der Waals surface area contributed by atoms with Gasteiger partial charge in [0.2, 0.25) is 5.91 Å². The van der Waals surface area contributed by atoms with Gasteiger partial charge in [-0.25, -0.2) is 9.50 Å². The first-order chi connectivity index (χ1) is 18.1. The van der Waals surface area contributed by atoms with Crippen molar-refractivity contribution in [1.29, 1.82) is 0 Å². The summed E-state index contributed by atoms with van der Waals surface area (Å²) in [6, 6.07) is 9.56. The number of benzene rings is 1. The largest absolute Gasteiger partial charge is 0.463 e. The van der Waals surface area contributed by atoms with Crippen molar-refractivity contribution in [2.75, 3.05) is 51.3 Å². The molecule has 4 heterocycles. The molecule has 10 nitrogen and oxygen atoms in total. The molecular weight excluding hydrogens is 472 g/mol. The highest BCUT2D eigenvalue weighted by Gasteiger charge is 2.26. The Hall–Kier alpha value is -3.76. The molecule has 1 atom stereocenters. The van der Waals surface area contributed by atoms with E-state index >= 15 is 0 Å². The van der Waals surface area contributed by atoms with Crippen LogP contribution in [0.25, 0.3) is 5.52 Å². The summed E-state index contributed by atoms with van der Waals surface area (Å²) in [5, 5.41) is 7.89. The first kappa shape index (κ1) is 24.9. The van der Waals surface area contributed by atoms with Gasteiger partial charge in [0.1, 0.15) is 18.5 Å². The number of hydrogen-bond donors (Lipinski definition) is 1. The minimum atomic E-state index is -0.334. The predicted octanol–water partition coefficient (Wildman–Crippen LogP) is 2.22. The van der Waals surface area contributed by atoms with Crippen molar-refractivity contribution >= 4 is 23.2 Å². The van der Waals surface area contributed by atoms with Crippen molar-refractivity contribution in [2.45, 2.75) is 25.9 Å². The Morgan fingerprint density at radius 1 is 1.19 bits per heavy atom. The van der Waals surface area contributed by atoms with Crippen molar-refractivity contribution in [3.05, 3.63) is 71.7 Å². The van der Waals surface area contributed by atoms with E-state index in [0.717, 1.165) is 55.1 Å². The van der Waals surface area contributed by atoms with E-state index in [0.29, 0.717) is 25.3 Å². The van der Waals surface area contributed by atoms with Crippen LogP contribution in [0.1, 0.15) is 29.7 Å². The Bertz CT molecular complexity index is 1270. The number of anilines is 1. The number of hydrogen-bond acceptors (Lipinski definition) is 8. The van der Waals surface area contributed by atoms with E-state index in [9.17, 15) is 9.59 Å². The number of carbonyl (C=O) groups excluding carboxylic acids is 2. The van der Waals surface area contributed by atoms with Gasteiger partial charge in [-0.1, -0.05) is 36.4 Å². The minimum Gasteiger partial charge on any atom is -0.463 e. The molecule has 1 N–H and O–H groups in total. The number of ether oxygens (including phenoxy) is 2. The molecule has 1 fully saturated rings. The fraction of sp³-hybridized carbons (Fsp3) is 0.407. The van der Waals surface area contributed by atoms with Crippen molar-refractivity contribution in [1.82, 2.24) is 24.4 Å². The first-order valence-electron chi connectivity index (χ1n) is 12.6. The molecule has 0 bridgehead atoms. The number of fused-ring (bicyclic) bond motifs is 3. The zero-order valence-electron chi connectivity index (χ0n) is 21.0.